The van der Waals surface area contributed by atoms with Crippen LogP contribution in [0.3, 0.4) is 0 Å². The molecule has 1 aromatic carbocycles. The number of carbonyl (C=O) groups excluding carboxylic acids is 2. The Bertz CT molecular complexity index is 435. The van der Waals surface area contributed by atoms with Crippen molar-refractivity contribution in [2.24, 2.45) is 0 Å². The Morgan fingerprint density at radius 1 is 1.14 bits per heavy atom. The van der Waals surface area contributed by atoms with Crippen molar-refractivity contribution in [1.82, 2.24) is 5.32 Å². The van der Waals surface area contributed by atoms with Gasteiger partial charge >= 0.3 is 5.97 Å². The Morgan fingerprint density at radius 3 is 2.38 bits per heavy atom. The smallest absolute Gasteiger partial charge is 0.305 e. The van der Waals surface area contributed by atoms with Gasteiger partial charge in [-0.2, -0.15) is 0 Å². The van der Waals surface area contributed by atoms with Crippen molar-refractivity contribution < 1.29 is 14.3 Å². The topological polar surface area (TPSA) is 67.4 Å². The zero-order valence-corrected chi connectivity index (χ0v) is 13.3. The highest BCUT2D eigenvalue weighted by atomic mass is 35.5. The van der Waals surface area contributed by atoms with Crippen molar-refractivity contribution in [3.05, 3.63) is 29.8 Å². The number of hydrogen-bond donors (Lipinski definition) is 2. The van der Waals surface area contributed by atoms with Gasteiger partial charge in [0.1, 0.15) is 0 Å². The fourth-order valence-corrected chi connectivity index (χ4v) is 1.75. The fraction of sp³-hybridized carbons (Fsp3) is 0.467. The summed E-state index contributed by atoms with van der Waals surface area (Å²) in [5.41, 5.74) is 1.82. The van der Waals surface area contributed by atoms with E-state index in [0.717, 1.165) is 24.2 Å². The first-order chi connectivity index (χ1) is 9.65. The molecule has 2 N–H and O–H groups in total. The van der Waals surface area contributed by atoms with Gasteiger partial charge in [0.05, 0.1) is 7.11 Å². The number of benzene rings is 1. The van der Waals surface area contributed by atoms with Gasteiger partial charge in [0.15, 0.2) is 0 Å². The van der Waals surface area contributed by atoms with Crippen molar-refractivity contribution >= 4 is 30.0 Å². The van der Waals surface area contributed by atoms with E-state index in [2.05, 4.69) is 15.4 Å². The normalized spacial score (nSPS) is 9.62. The van der Waals surface area contributed by atoms with E-state index in [9.17, 15) is 9.59 Å². The van der Waals surface area contributed by atoms with E-state index in [1.165, 1.54) is 7.11 Å². The number of aryl methyl sites for hydroxylation is 1. The fourth-order valence-electron chi connectivity index (χ4n) is 1.75. The molecule has 0 aliphatic rings. The third-order valence-corrected chi connectivity index (χ3v) is 2.91. The minimum atomic E-state index is -0.216. The highest BCUT2D eigenvalue weighted by Gasteiger charge is 2.04. The first kappa shape index (κ1) is 19.4. The van der Waals surface area contributed by atoms with Crippen molar-refractivity contribution in [1.29, 1.82) is 0 Å². The Balaban J connectivity index is 0.00000400. The van der Waals surface area contributed by atoms with Gasteiger partial charge in [0.25, 0.3) is 0 Å². The zero-order chi connectivity index (χ0) is 14.8. The number of methoxy groups -OCH3 is 1. The number of ether oxygens (including phenoxy) is 1. The minimum absolute atomic E-state index is 0. The summed E-state index contributed by atoms with van der Waals surface area (Å²) in [6.45, 7) is 0.833. The lowest BCUT2D eigenvalue weighted by Crippen LogP contribution is -2.15. The Hall–Kier alpha value is -1.59. The molecule has 5 nitrogen and oxygen atoms in total. The van der Waals surface area contributed by atoms with E-state index in [1.54, 1.807) is 0 Å². The quantitative estimate of drug-likeness (QED) is 0.570. The summed E-state index contributed by atoms with van der Waals surface area (Å²) < 4.78 is 4.59. The predicted octanol–water partition coefficient (Wildman–Crippen LogP) is 2.15. The Kier molecular flexibility index (Phi) is 10.3. The molecular formula is C15H23ClN2O3. The summed E-state index contributed by atoms with van der Waals surface area (Å²) in [6.07, 6.45) is 2.33. The lowest BCUT2D eigenvalue weighted by molar-refractivity contribution is -0.140. The summed E-state index contributed by atoms with van der Waals surface area (Å²) in [5, 5.41) is 5.85. The lowest BCUT2D eigenvalue weighted by Gasteiger charge is -2.06. The van der Waals surface area contributed by atoms with E-state index in [1.807, 2.05) is 31.3 Å². The van der Waals surface area contributed by atoms with Crippen LogP contribution in [0, 0.1) is 0 Å². The molecular weight excluding hydrogens is 292 g/mol. The molecule has 0 atom stereocenters. The predicted molar refractivity (Wildman–Crippen MR) is 85.8 cm³/mol. The van der Waals surface area contributed by atoms with Crippen LogP contribution in [0.2, 0.25) is 0 Å². The van der Waals surface area contributed by atoms with Gasteiger partial charge in [0, 0.05) is 18.5 Å². The Labute approximate surface area is 131 Å². The van der Waals surface area contributed by atoms with E-state index in [-0.39, 0.29) is 24.3 Å². The average Bonchev–Trinajstić information content (AvgIpc) is 2.46. The van der Waals surface area contributed by atoms with Crippen LogP contribution in [-0.2, 0) is 20.7 Å². The maximum absolute atomic E-state index is 11.6. The summed E-state index contributed by atoms with van der Waals surface area (Å²) in [4.78, 5) is 22.7. The number of halogens is 1. The zero-order valence-electron chi connectivity index (χ0n) is 12.5. The first-order valence-corrected chi connectivity index (χ1v) is 6.76. The van der Waals surface area contributed by atoms with Crippen LogP contribution in [-0.4, -0.2) is 32.6 Å². The molecule has 0 radical (unpaired) electrons. The van der Waals surface area contributed by atoms with Crippen LogP contribution in [0.1, 0.15) is 24.8 Å². The van der Waals surface area contributed by atoms with Crippen molar-refractivity contribution in [2.75, 3.05) is 26.0 Å². The molecule has 0 fully saturated rings. The van der Waals surface area contributed by atoms with Crippen LogP contribution in [0.5, 0.6) is 0 Å². The largest absolute Gasteiger partial charge is 0.469 e. The molecule has 0 aromatic heterocycles. The number of esters is 1. The van der Waals surface area contributed by atoms with Crippen molar-refractivity contribution in [3.63, 3.8) is 0 Å². The van der Waals surface area contributed by atoms with Crippen molar-refractivity contribution in [2.45, 2.75) is 25.7 Å². The highest BCUT2D eigenvalue weighted by Crippen LogP contribution is 2.12. The molecule has 1 aromatic rings. The molecule has 0 spiro atoms. The molecule has 118 valence electrons. The SMILES string of the molecule is CNCCCC(=O)Nc1ccc(CCC(=O)OC)cc1.Cl. The second kappa shape index (κ2) is 11.1. The number of hydrogen-bond acceptors (Lipinski definition) is 4. The van der Waals surface area contributed by atoms with Crippen LogP contribution in [0.4, 0.5) is 5.69 Å². The third kappa shape index (κ3) is 8.32. The molecule has 0 saturated carbocycles. The lowest BCUT2D eigenvalue weighted by atomic mass is 10.1. The maximum Gasteiger partial charge on any atom is 0.305 e. The third-order valence-electron chi connectivity index (χ3n) is 2.91. The summed E-state index contributed by atoms with van der Waals surface area (Å²) in [5.74, 6) is -0.200. The van der Waals surface area contributed by atoms with Gasteiger partial charge in [-0.25, -0.2) is 0 Å². The average molecular weight is 315 g/mol. The summed E-state index contributed by atoms with van der Waals surface area (Å²) >= 11 is 0. The number of rotatable bonds is 8. The van der Waals surface area contributed by atoms with Gasteiger partial charge in [0.2, 0.25) is 5.91 Å². The molecule has 21 heavy (non-hydrogen) atoms. The molecule has 1 rings (SSSR count). The number of anilines is 1. The van der Waals surface area contributed by atoms with Gasteiger partial charge in [-0.05, 0) is 44.1 Å². The second-order valence-electron chi connectivity index (χ2n) is 4.53. The van der Waals surface area contributed by atoms with Crippen LogP contribution in [0.15, 0.2) is 24.3 Å². The Morgan fingerprint density at radius 2 is 1.81 bits per heavy atom. The maximum atomic E-state index is 11.6. The van der Waals surface area contributed by atoms with Crippen LogP contribution in [0.25, 0.3) is 0 Å². The van der Waals surface area contributed by atoms with Crippen LogP contribution < -0.4 is 10.6 Å². The number of amides is 1. The van der Waals surface area contributed by atoms with Gasteiger partial charge in [-0.15, -0.1) is 12.4 Å². The van der Waals surface area contributed by atoms with Crippen molar-refractivity contribution in [3.8, 4) is 0 Å². The molecule has 6 heteroatoms. The molecule has 0 saturated heterocycles. The highest BCUT2D eigenvalue weighted by molar-refractivity contribution is 5.90. The van der Waals surface area contributed by atoms with Gasteiger partial charge in [-0.1, -0.05) is 12.1 Å². The van der Waals surface area contributed by atoms with Gasteiger partial charge in [-0.3, -0.25) is 9.59 Å². The first-order valence-electron chi connectivity index (χ1n) is 6.76. The standard InChI is InChI=1S/C15H22N2O3.ClH/c1-16-11-3-4-14(18)17-13-8-5-12(6-9-13)7-10-15(19)20-2;/h5-6,8-9,16H,3-4,7,10-11H2,1-2H3,(H,17,18);1H. The molecule has 0 bridgehead atoms. The molecule has 0 aliphatic carbocycles. The second-order valence-corrected chi connectivity index (χ2v) is 4.53. The summed E-state index contributed by atoms with van der Waals surface area (Å²) in [6, 6.07) is 7.52. The van der Waals surface area contributed by atoms with Gasteiger partial charge < -0.3 is 15.4 Å². The van der Waals surface area contributed by atoms with E-state index in [4.69, 9.17) is 0 Å². The minimum Gasteiger partial charge on any atom is -0.469 e. The number of carbonyl (C=O) groups is 2. The molecule has 0 aliphatic heterocycles. The van der Waals surface area contributed by atoms with E-state index >= 15 is 0 Å². The number of nitrogens with one attached hydrogen (secondary N) is 2. The van der Waals surface area contributed by atoms with Crippen LogP contribution >= 0.6 is 12.4 Å². The molecule has 1 amide bonds. The van der Waals surface area contributed by atoms with E-state index in [0.29, 0.717) is 19.3 Å². The molecule has 0 unspecified atom stereocenters. The monoisotopic (exact) mass is 314 g/mol. The van der Waals surface area contributed by atoms with E-state index < -0.39 is 0 Å². The molecule has 0 heterocycles. The summed E-state index contributed by atoms with van der Waals surface area (Å²) in [7, 11) is 3.25.